The largest absolute Gasteiger partial charge is 0.496 e. The number of carbonyl (C=O) groups is 3. The van der Waals surface area contributed by atoms with Gasteiger partial charge in [0.25, 0.3) is 17.6 Å². The molecule has 0 saturated carbocycles. The number of rotatable bonds is 6. The van der Waals surface area contributed by atoms with Gasteiger partial charge in [-0.05, 0) is 13.0 Å². The lowest BCUT2D eigenvalue weighted by atomic mass is 10.1. The van der Waals surface area contributed by atoms with E-state index in [9.17, 15) is 14.4 Å². The zero-order valence-electron chi connectivity index (χ0n) is 24.5. The number of hydrogen-bond acceptors (Lipinski definition) is 5. The lowest BCUT2D eigenvalue weighted by Crippen LogP contribution is -2.57. The maximum Gasteiger partial charge on any atom is 0.295 e. The standard InChI is InChI=1S/C22H24N4O4.2C3H8.C2H6/c1-5-7-15(6-2)21(28)25-10-11-26(14(3)13-25)22(29)19(27)16-12-24-20-18(16)17(30-4)8-9-23-20;2*1-3-2;1-2/h5-9,12,14H,1-2,10-11,13H2,3-4H3,(H,23,24);2*3H2,1-2H3;1-2H3/b15-7+;;;/t14-;;;/m1.../s1. The highest BCUT2D eigenvalue weighted by atomic mass is 16.5. The summed E-state index contributed by atoms with van der Waals surface area (Å²) in [6, 6.07) is 1.32. The summed E-state index contributed by atoms with van der Waals surface area (Å²) >= 11 is 0. The number of pyridine rings is 1. The SMILES string of the molecule is C=C/C=C(\C=C)C(=O)N1CCN(C(=O)C(=O)c2c[nH]c3nccc(OC)c23)[C@H](C)C1.CC.CCC.CCC. The Labute approximate surface area is 228 Å². The summed E-state index contributed by atoms with van der Waals surface area (Å²) < 4.78 is 5.31. The van der Waals surface area contributed by atoms with Gasteiger partial charge >= 0.3 is 0 Å². The number of ketones is 1. The molecule has 1 aliphatic heterocycles. The number of aromatic amines is 1. The van der Waals surface area contributed by atoms with Crippen LogP contribution in [0.2, 0.25) is 0 Å². The number of aromatic nitrogens is 2. The van der Waals surface area contributed by atoms with Gasteiger partial charge in [0.15, 0.2) is 0 Å². The minimum Gasteiger partial charge on any atom is -0.496 e. The zero-order valence-corrected chi connectivity index (χ0v) is 24.5. The minimum absolute atomic E-state index is 0.178. The van der Waals surface area contributed by atoms with Gasteiger partial charge in [0.05, 0.1) is 18.1 Å². The van der Waals surface area contributed by atoms with E-state index in [0.29, 0.717) is 35.4 Å². The first-order valence-corrected chi connectivity index (χ1v) is 13.4. The number of ether oxygens (including phenoxy) is 1. The average molecular weight is 527 g/mol. The lowest BCUT2D eigenvalue weighted by Gasteiger charge is -2.39. The molecule has 0 aromatic carbocycles. The Morgan fingerprint density at radius 1 is 1.11 bits per heavy atom. The van der Waals surface area contributed by atoms with Crippen LogP contribution in [-0.4, -0.2) is 70.2 Å². The van der Waals surface area contributed by atoms with Crippen molar-refractivity contribution < 1.29 is 19.1 Å². The topological polar surface area (TPSA) is 95.6 Å². The summed E-state index contributed by atoms with van der Waals surface area (Å²) in [4.78, 5) is 48.8. The van der Waals surface area contributed by atoms with Gasteiger partial charge in [0.1, 0.15) is 11.4 Å². The number of amides is 2. The van der Waals surface area contributed by atoms with Crippen molar-refractivity contribution in [3.05, 3.63) is 61.0 Å². The number of carbonyl (C=O) groups excluding carboxylic acids is 3. The maximum absolute atomic E-state index is 13.0. The fourth-order valence-corrected chi connectivity index (χ4v) is 3.60. The molecule has 2 aromatic rings. The summed E-state index contributed by atoms with van der Waals surface area (Å²) in [6.07, 6.45) is 10.1. The van der Waals surface area contributed by atoms with Crippen LogP contribution < -0.4 is 4.74 Å². The van der Waals surface area contributed by atoms with E-state index < -0.39 is 11.7 Å². The number of piperazine rings is 1. The first kappa shape index (κ1) is 34.3. The molecule has 3 rings (SSSR count). The van der Waals surface area contributed by atoms with Crippen LogP contribution in [-0.2, 0) is 9.59 Å². The van der Waals surface area contributed by atoms with Crippen LogP contribution in [0.15, 0.2) is 55.4 Å². The third-order valence-corrected chi connectivity index (χ3v) is 5.13. The Balaban J connectivity index is 0.00000153. The Kier molecular flexibility index (Phi) is 16.8. The second kappa shape index (κ2) is 18.5. The normalized spacial score (nSPS) is 14.5. The molecule has 1 atom stereocenters. The van der Waals surface area contributed by atoms with Crippen LogP contribution in [0.3, 0.4) is 0 Å². The maximum atomic E-state index is 13.0. The Morgan fingerprint density at radius 2 is 1.71 bits per heavy atom. The van der Waals surface area contributed by atoms with Crippen LogP contribution in [0.1, 0.15) is 71.7 Å². The van der Waals surface area contributed by atoms with Crippen LogP contribution in [0.5, 0.6) is 5.75 Å². The van der Waals surface area contributed by atoms with Crippen molar-refractivity contribution in [2.45, 2.75) is 67.3 Å². The highest BCUT2D eigenvalue weighted by Crippen LogP contribution is 2.28. The molecule has 2 aromatic heterocycles. The molecule has 1 saturated heterocycles. The summed E-state index contributed by atoms with van der Waals surface area (Å²) in [7, 11) is 1.49. The molecule has 1 N–H and O–H groups in total. The predicted octanol–water partition coefficient (Wildman–Crippen LogP) is 5.97. The molecule has 210 valence electrons. The molecule has 0 radical (unpaired) electrons. The van der Waals surface area contributed by atoms with Gasteiger partial charge in [-0.2, -0.15) is 0 Å². The number of nitrogens with one attached hydrogen (secondary N) is 1. The number of Topliss-reactive ketones (excluding diaryl/α,β-unsaturated/α-hetero) is 1. The van der Waals surface area contributed by atoms with Crippen molar-refractivity contribution >= 4 is 28.6 Å². The third kappa shape index (κ3) is 9.01. The van der Waals surface area contributed by atoms with Crippen LogP contribution in [0, 0.1) is 0 Å². The number of allylic oxidation sites excluding steroid dienone is 2. The molecule has 38 heavy (non-hydrogen) atoms. The lowest BCUT2D eigenvalue weighted by molar-refractivity contribution is -0.137. The molecule has 8 heteroatoms. The molecule has 1 fully saturated rings. The van der Waals surface area contributed by atoms with E-state index in [1.54, 1.807) is 23.2 Å². The molecule has 0 unspecified atom stereocenters. The van der Waals surface area contributed by atoms with Crippen LogP contribution >= 0.6 is 0 Å². The number of H-pyrrole nitrogens is 1. The van der Waals surface area contributed by atoms with Gasteiger partial charge in [-0.15, -0.1) is 0 Å². The van der Waals surface area contributed by atoms with Crippen molar-refractivity contribution in [3.8, 4) is 5.75 Å². The van der Waals surface area contributed by atoms with Gasteiger partial charge in [0.2, 0.25) is 0 Å². The van der Waals surface area contributed by atoms with E-state index in [4.69, 9.17) is 4.74 Å². The minimum atomic E-state index is -0.641. The van der Waals surface area contributed by atoms with E-state index in [-0.39, 0.29) is 24.1 Å². The number of methoxy groups -OCH3 is 1. The third-order valence-electron chi connectivity index (χ3n) is 5.13. The Morgan fingerprint density at radius 3 is 2.21 bits per heavy atom. The number of nitrogens with zero attached hydrogens (tertiary/aromatic N) is 3. The summed E-state index contributed by atoms with van der Waals surface area (Å²) in [6.45, 7) is 22.5. The average Bonchev–Trinajstić information content (AvgIpc) is 3.37. The second-order valence-corrected chi connectivity index (χ2v) is 8.34. The summed E-state index contributed by atoms with van der Waals surface area (Å²) in [5, 5.41) is 0.477. The highest BCUT2D eigenvalue weighted by Gasteiger charge is 2.34. The van der Waals surface area contributed by atoms with Crippen molar-refractivity contribution in [2.24, 2.45) is 0 Å². The number of fused-ring (bicyclic) bond motifs is 1. The van der Waals surface area contributed by atoms with E-state index in [2.05, 4.69) is 50.8 Å². The van der Waals surface area contributed by atoms with Crippen LogP contribution in [0.25, 0.3) is 11.0 Å². The molecular weight excluding hydrogens is 480 g/mol. The Hall–Kier alpha value is -3.68. The van der Waals surface area contributed by atoms with Gasteiger partial charge in [0, 0.05) is 43.6 Å². The summed E-state index contributed by atoms with van der Waals surface area (Å²) in [5.74, 6) is -0.973. The molecule has 2 amide bonds. The van der Waals surface area contributed by atoms with Crippen LogP contribution in [0.4, 0.5) is 0 Å². The summed E-state index contributed by atoms with van der Waals surface area (Å²) in [5.41, 5.74) is 1.12. The van der Waals surface area contributed by atoms with Gasteiger partial charge in [-0.3, -0.25) is 14.4 Å². The van der Waals surface area contributed by atoms with E-state index in [1.807, 2.05) is 20.8 Å². The first-order chi connectivity index (χ1) is 18.2. The molecule has 0 bridgehead atoms. The quantitative estimate of drug-likeness (QED) is 0.216. The smallest absolute Gasteiger partial charge is 0.295 e. The van der Waals surface area contributed by atoms with E-state index >= 15 is 0 Å². The molecule has 1 aliphatic rings. The van der Waals surface area contributed by atoms with E-state index in [0.717, 1.165) is 0 Å². The number of hydrogen-bond donors (Lipinski definition) is 1. The molecule has 3 heterocycles. The first-order valence-electron chi connectivity index (χ1n) is 13.4. The van der Waals surface area contributed by atoms with Crippen molar-refractivity contribution in [1.29, 1.82) is 0 Å². The van der Waals surface area contributed by atoms with Crippen molar-refractivity contribution in [3.63, 3.8) is 0 Å². The molecule has 0 aliphatic carbocycles. The molecule has 0 spiro atoms. The van der Waals surface area contributed by atoms with Crippen molar-refractivity contribution in [2.75, 3.05) is 26.7 Å². The second-order valence-electron chi connectivity index (χ2n) is 8.34. The Bertz CT molecular complexity index is 1090. The highest BCUT2D eigenvalue weighted by molar-refractivity contribution is 6.45. The van der Waals surface area contributed by atoms with Gasteiger partial charge < -0.3 is 19.5 Å². The van der Waals surface area contributed by atoms with E-state index in [1.165, 1.54) is 43.2 Å². The molecule has 8 nitrogen and oxygen atoms in total. The van der Waals surface area contributed by atoms with Gasteiger partial charge in [-0.1, -0.05) is 85.8 Å². The fraction of sp³-hybridized carbons (Fsp3) is 0.467. The monoisotopic (exact) mass is 526 g/mol. The molecular formula is C30H46N4O4. The van der Waals surface area contributed by atoms with Crippen molar-refractivity contribution in [1.82, 2.24) is 19.8 Å². The zero-order chi connectivity index (χ0) is 29.3. The predicted molar refractivity (Wildman–Crippen MR) is 156 cm³/mol. The van der Waals surface area contributed by atoms with Gasteiger partial charge in [-0.25, -0.2) is 4.98 Å². The fourth-order valence-electron chi connectivity index (χ4n) is 3.60.